The summed E-state index contributed by atoms with van der Waals surface area (Å²) in [7, 11) is 0. The number of pyridine rings is 1. The SMILES string of the molecule is C=CCNCC(=O)Nc1cc(C)cnc1Cl. The summed E-state index contributed by atoms with van der Waals surface area (Å²) in [5, 5.41) is 5.87. The molecular formula is C11H14ClN3O. The second-order valence-corrected chi connectivity index (χ2v) is 3.68. The van der Waals surface area contributed by atoms with Crippen LogP contribution in [0.25, 0.3) is 0 Å². The first-order valence-corrected chi connectivity index (χ1v) is 5.25. The zero-order valence-electron chi connectivity index (χ0n) is 9.09. The van der Waals surface area contributed by atoms with Crippen LogP contribution in [0.5, 0.6) is 0 Å². The van der Waals surface area contributed by atoms with Crippen molar-refractivity contribution < 1.29 is 4.79 Å². The highest BCUT2D eigenvalue weighted by atomic mass is 35.5. The standard InChI is InChI=1S/C11H14ClN3O/c1-3-4-13-7-10(16)15-9-5-8(2)6-14-11(9)12/h3,5-6,13H,1,4,7H2,2H3,(H,15,16). The molecule has 0 aliphatic heterocycles. The van der Waals surface area contributed by atoms with Gasteiger partial charge < -0.3 is 10.6 Å². The van der Waals surface area contributed by atoms with E-state index in [-0.39, 0.29) is 12.5 Å². The van der Waals surface area contributed by atoms with Crippen LogP contribution in [-0.2, 0) is 4.79 Å². The number of anilines is 1. The number of hydrogen-bond donors (Lipinski definition) is 2. The number of rotatable bonds is 5. The van der Waals surface area contributed by atoms with Gasteiger partial charge in [-0.25, -0.2) is 4.98 Å². The van der Waals surface area contributed by atoms with Gasteiger partial charge in [0.1, 0.15) is 0 Å². The first-order valence-electron chi connectivity index (χ1n) is 4.87. The lowest BCUT2D eigenvalue weighted by Crippen LogP contribution is -2.28. The molecule has 0 aliphatic rings. The monoisotopic (exact) mass is 239 g/mol. The van der Waals surface area contributed by atoms with Gasteiger partial charge in [0, 0.05) is 12.7 Å². The smallest absolute Gasteiger partial charge is 0.238 e. The van der Waals surface area contributed by atoms with Crippen molar-refractivity contribution in [1.82, 2.24) is 10.3 Å². The molecule has 0 aliphatic carbocycles. The van der Waals surface area contributed by atoms with Gasteiger partial charge in [0.05, 0.1) is 12.2 Å². The fraction of sp³-hybridized carbons (Fsp3) is 0.273. The molecule has 16 heavy (non-hydrogen) atoms. The average molecular weight is 240 g/mol. The second-order valence-electron chi connectivity index (χ2n) is 3.32. The third-order valence-electron chi connectivity index (χ3n) is 1.82. The van der Waals surface area contributed by atoms with Gasteiger partial charge in [-0.2, -0.15) is 0 Å². The van der Waals surface area contributed by atoms with Gasteiger partial charge in [-0.3, -0.25) is 4.79 Å². The van der Waals surface area contributed by atoms with Crippen molar-refractivity contribution >= 4 is 23.2 Å². The molecule has 0 atom stereocenters. The Balaban J connectivity index is 2.55. The van der Waals surface area contributed by atoms with E-state index in [1.54, 1.807) is 18.3 Å². The van der Waals surface area contributed by atoms with E-state index in [4.69, 9.17) is 11.6 Å². The third-order valence-corrected chi connectivity index (χ3v) is 2.13. The molecule has 0 unspecified atom stereocenters. The van der Waals surface area contributed by atoms with Gasteiger partial charge in [-0.1, -0.05) is 17.7 Å². The van der Waals surface area contributed by atoms with Crippen LogP contribution < -0.4 is 10.6 Å². The van der Waals surface area contributed by atoms with E-state index in [2.05, 4.69) is 22.2 Å². The fourth-order valence-corrected chi connectivity index (χ4v) is 1.27. The Morgan fingerprint density at radius 2 is 2.44 bits per heavy atom. The Morgan fingerprint density at radius 1 is 1.69 bits per heavy atom. The molecular weight excluding hydrogens is 226 g/mol. The fourth-order valence-electron chi connectivity index (χ4n) is 1.12. The van der Waals surface area contributed by atoms with Crippen molar-refractivity contribution in [3.63, 3.8) is 0 Å². The molecule has 0 aromatic carbocycles. The van der Waals surface area contributed by atoms with Crippen LogP contribution in [0.3, 0.4) is 0 Å². The molecule has 0 spiro atoms. The van der Waals surface area contributed by atoms with E-state index in [0.717, 1.165) is 5.56 Å². The molecule has 1 aromatic heterocycles. The predicted octanol–water partition coefficient (Wildman–Crippen LogP) is 1.76. The summed E-state index contributed by atoms with van der Waals surface area (Å²) >= 11 is 5.84. The van der Waals surface area contributed by atoms with Crippen LogP contribution in [0.15, 0.2) is 24.9 Å². The summed E-state index contributed by atoms with van der Waals surface area (Å²) in [4.78, 5) is 15.4. The molecule has 0 bridgehead atoms. The molecule has 5 heteroatoms. The van der Waals surface area contributed by atoms with Crippen molar-refractivity contribution in [2.45, 2.75) is 6.92 Å². The lowest BCUT2D eigenvalue weighted by atomic mass is 10.3. The Hall–Kier alpha value is -1.39. The Bertz CT molecular complexity index is 393. The molecule has 0 saturated heterocycles. The zero-order valence-corrected chi connectivity index (χ0v) is 9.84. The lowest BCUT2D eigenvalue weighted by Gasteiger charge is -2.07. The van der Waals surface area contributed by atoms with Crippen LogP contribution in [0.2, 0.25) is 5.15 Å². The van der Waals surface area contributed by atoms with Crippen LogP contribution >= 0.6 is 11.6 Å². The van der Waals surface area contributed by atoms with Crippen LogP contribution in [0, 0.1) is 6.92 Å². The van der Waals surface area contributed by atoms with E-state index in [0.29, 0.717) is 17.4 Å². The van der Waals surface area contributed by atoms with Gasteiger partial charge in [-0.15, -0.1) is 6.58 Å². The number of halogens is 1. The van der Waals surface area contributed by atoms with Gasteiger partial charge in [-0.05, 0) is 18.6 Å². The van der Waals surface area contributed by atoms with E-state index in [9.17, 15) is 4.79 Å². The maximum absolute atomic E-state index is 11.5. The van der Waals surface area contributed by atoms with Crippen molar-refractivity contribution in [3.05, 3.63) is 35.6 Å². The second kappa shape index (κ2) is 6.25. The number of aromatic nitrogens is 1. The summed E-state index contributed by atoms with van der Waals surface area (Å²) < 4.78 is 0. The Kier molecular flexibility index (Phi) is 4.95. The molecule has 1 amide bonds. The molecule has 1 rings (SSSR count). The summed E-state index contributed by atoms with van der Waals surface area (Å²) in [6.45, 7) is 6.23. The highest BCUT2D eigenvalue weighted by Gasteiger charge is 2.06. The maximum atomic E-state index is 11.5. The predicted molar refractivity (Wildman–Crippen MR) is 65.7 cm³/mol. The molecule has 0 fully saturated rings. The lowest BCUT2D eigenvalue weighted by molar-refractivity contribution is -0.115. The van der Waals surface area contributed by atoms with Crippen LogP contribution in [0.1, 0.15) is 5.56 Å². The highest BCUT2D eigenvalue weighted by Crippen LogP contribution is 2.19. The molecule has 1 aromatic rings. The molecule has 86 valence electrons. The number of carbonyl (C=O) groups is 1. The number of amides is 1. The van der Waals surface area contributed by atoms with Crippen molar-refractivity contribution in [3.8, 4) is 0 Å². The van der Waals surface area contributed by atoms with Crippen molar-refractivity contribution in [1.29, 1.82) is 0 Å². The largest absolute Gasteiger partial charge is 0.322 e. The van der Waals surface area contributed by atoms with E-state index in [1.807, 2.05) is 6.92 Å². The highest BCUT2D eigenvalue weighted by molar-refractivity contribution is 6.32. The van der Waals surface area contributed by atoms with Gasteiger partial charge in [0.2, 0.25) is 5.91 Å². The van der Waals surface area contributed by atoms with Crippen LogP contribution in [-0.4, -0.2) is 24.0 Å². The summed E-state index contributed by atoms with van der Waals surface area (Å²) in [6, 6.07) is 1.78. The van der Waals surface area contributed by atoms with Crippen molar-refractivity contribution in [2.24, 2.45) is 0 Å². The first kappa shape index (κ1) is 12.7. The summed E-state index contributed by atoms with van der Waals surface area (Å²) in [6.07, 6.45) is 3.34. The van der Waals surface area contributed by atoms with E-state index < -0.39 is 0 Å². The minimum Gasteiger partial charge on any atom is -0.322 e. The van der Waals surface area contributed by atoms with E-state index in [1.165, 1.54) is 0 Å². The minimum atomic E-state index is -0.156. The van der Waals surface area contributed by atoms with E-state index >= 15 is 0 Å². The third kappa shape index (κ3) is 4.00. The normalized spacial score (nSPS) is 9.88. The molecule has 2 N–H and O–H groups in total. The van der Waals surface area contributed by atoms with Gasteiger partial charge in [0.15, 0.2) is 5.15 Å². The molecule has 4 nitrogen and oxygen atoms in total. The number of nitrogens with zero attached hydrogens (tertiary/aromatic N) is 1. The number of carbonyl (C=O) groups excluding carboxylic acids is 1. The number of aryl methyl sites for hydroxylation is 1. The molecule has 0 saturated carbocycles. The Morgan fingerprint density at radius 3 is 3.12 bits per heavy atom. The van der Waals surface area contributed by atoms with Crippen LogP contribution in [0.4, 0.5) is 5.69 Å². The average Bonchev–Trinajstić information content (AvgIpc) is 2.24. The summed E-state index contributed by atoms with van der Waals surface area (Å²) in [5.74, 6) is -0.156. The molecule has 0 radical (unpaired) electrons. The summed E-state index contributed by atoms with van der Waals surface area (Å²) in [5.41, 5.74) is 1.48. The maximum Gasteiger partial charge on any atom is 0.238 e. The van der Waals surface area contributed by atoms with Crippen molar-refractivity contribution in [2.75, 3.05) is 18.4 Å². The minimum absolute atomic E-state index is 0.156. The number of hydrogen-bond acceptors (Lipinski definition) is 3. The van der Waals surface area contributed by atoms with Gasteiger partial charge >= 0.3 is 0 Å². The quantitative estimate of drug-likeness (QED) is 0.468. The zero-order chi connectivity index (χ0) is 12.0. The molecule has 1 heterocycles. The Labute approximate surface area is 99.7 Å². The number of nitrogens with one attached hydrogen (secondary N) is 2. The first-order chi connectivity index (χ1) is 7.63. The topological polar surface area (TPSA) is 54.0 Å². The van der Waals surface area contributed by atoms with Gasteiger partial charge in [0.25, 0.3) is 0 Å².